The molecule has 118 valence electrons. The number of fused-ring (bicyclic) bond motifs is 1. The number of aliphatic hydroxyl groups excluding tert-OH is 1. The summed E-state index contributed by atoms with van der Waals surface area (Å²) in [5, 5.41) is 15.8. The Bertz CT molecular complexity index is 772. The van der Waals surface area contributed by atoms with Crippen molar-refractivity contribution in [2.75, 3.05) is 6.54 Å². The van der Waals surface area contributed by atoms with Crippen LogP contribution in [0.2, 0.25) is 0 Å². The van der Waals surface area contributed by atoms with Crippen molar-refractivity contribution >= 4 is 34.3 Å². The van der Waals surface area contributed by atoms with Crippen LogP contribution in [0.5, 0.6) is 0 Å². The topological polar surface area (TPSA) is 62.5 Å². The molecule has 3 aromatic rings. The molecule has 1 atom stereocenters. The molecule has 1 amide bonds. The second-order valence-corrected chi connectivity index (χ2v) is 6.11. The average Bonchev–Trinajstić information content (AvgIpc) is 3.22. The normalized spacial score (nSPS) is 12.7. The van der Waals surface area contributed by atoms with E-state index in [0.717, 1.165) is 15.8 Å². The SMILES string of the molecule is O=C(/C=C/c1cccs1)NCCC(O)c1cc2ccccc2o1. The molecule has 2 N–H and O–H groups in total. The van der Waals surface area contributed by atoms with Crippen molar-refractivity contribution in [1.82, 2.24) is 5.32 Å². The van der Waals surface area contributed by atoms with Gasteiger partial charge in [-0.2, -0.15) is 0 Å². The highest BCUT2D eigenvalue weighted by Gasteiger charge is 2.13. The minimum Gasteiger partial charge on any atom is -0.458 e. The molecule has 0 saturated heterocycles. The Morgan fingerprint density at radius 2 is 2.17 bits per heavy atom. The molecule has 0 spiro atoms. The number of hydrogen-bond acceptors (Lipinski definition) is 4. The van der Waals surface area contributed by atoms with Crippen LogP contribution in [0, 0.1) is 0 Å². The van der Waals surface area contributed by atoms with Crippen molar-refractivity contribution < 1.29 is 14.3 Å². The van der Waals surface area contributed by atoms with Crippen molar-refractivity contribution in [2.24, 2.45) is 0 Å². The van der Waals surface area contributed by atoms with Crippen molar-refractivity contribution in [3.8, 4) is 0 Å². The van der Waals surface area contributed by atoms with Gasteiger partial charge in [-0.15, -0.1) is 11.3 Å². The first-order valence-corrected chi connectivity index (χ1v) is 8.26. The number of thiophene rings is 1. The van der Waals surface area contributed by atoms with Gasteiger partial charge < -0.3 is 14.8 Å². The fraction of sp³-hybridized carbons (Fsp3) is 0.167. The fourth-order valence-corrected chi connectivity index (χ4v) is 2.86. The van der Waals surface area contributed by atoms with E-state index < -0.39 is 6.10 Å². The Morgan fingerprint density at radius 3 is 2.96 bits per heavy atom. The standard InChI is InChI=1S/C18H17NO3S/c20-15(17-12-13-4-1-2-6-16(13)22-17)9-10-19-18(21)8-7-14-5-3-11-23-14/h1-8,11-12,15,20H,9-10H2,(H,19,21)/b8-7+. The zero-order chi connectivity index (χ0) is 16.1. The Hall–Kier alpha value is -2.37. The minimum atomic E-state index is -0.732. The lowest BCUT2D eigenvalue weighted by molar-refractivity contribution is -0.116. The van der Waals surface area contributed by atoms with Crippen molar-refractivity contribution in [1.29, 1.82) is 0 Å². The van der Waals surface area contributed by atoms with Crippen LogP contribution in [0.15, 0.2) is 58.3 Å². The van der Waals surface area contributed by atoms with Crippen LogP contribution in [0.3, 0.4) is 0 Å². The average molecular weight is 327 g/mol. The predicted octanol–water partition coefficient (Wildman–Crippen LogP) is 3.75. The number of rotatable bonds is 6. The van der Waals surface area contributed by atoms with Crippen molar-refractivity contribution in [3.05, 3.63) is 64.6 Å². The first-order valence-electron chi connectivity index (χ1n) is 7.38. The molecule has 23 heavy (non-hydrogen) atoms. The summed E-state index contributed by atoms with van der Waals surface area (Å²) in [5.74, 6) is 0.352. The highest BCUT2D eigenvalue weighted by atomic mass is 32.1. The van der Waals surface area contributed by atoms with Gasteiger partial charge in [0.1, 0.15) is 17.4 Å². The van der Waals surface area contributed by atoms with Crippen LogP contribution in [0.1, 0.15) is 23.2 Å². The summed E-state index contributed by atoms with van der Waals surface area (Å²) in [4.78, 5) is 12.7. The van der Waals surface area contributed by atoms with Gasteiger partial charge in [0, 0.05) is 22.9 Å². The molecule has 5 heteroatoms. The highest BCUT2D eigenvalue weighted by Crippen LogP contribution is 2.25. The lowest BCUT2D eigenvalue weighted by Crippen LogP contribution is -2.23. The van der Waals surface area contributed by atoms with Gasteiger partial charge in [0.15, 0.2) is 0 Å². The zero-order valence-electron chi connectivity index (χ0n) is 12.4. The van der Waals surface area contributed by atoms with Crippen LogP contribution in [-0.2, 0) is 4.79 Å². The third-order valence-electron chi connectivity index (χ3n) is 3.43. The summed E-state index contributed by atoms with van der Waals surface area (Å²) >= 11 is 1.57. The maximum Gasteiger partial charge on any atom is 0.244 e. The van der Waals surface area contributed by atoms with Gasteiger partial charge in [0.2, 0.25) is 5.91 Å². The Kier molecular flexibility index (Phi) is 4.90. The number of amides is 1. The molecular weight excluding hydrogens is 310 g/mol. The summed E-state index contributed by atoms with van der Waals surface area (Å²) in [6.07, 6.45) is 2.94. The van der Waals surface area contributed by atoms with Gasteiger partial charge in [-0.25, -0.2) is 0 Å². The molecule has 4 nitrogen and oxygen atoms in total. The molecule has 0 fully saturated rings. The van der Waals surface area contributed by atoms with Crippen molar-refractivity contribution in [2.45, 2.75) is 12.5 Å². The summed E-state index contributed by atoms with van der Waals surface area (Å²) in [5.41, 5.74) is 0.754. The zero-order valence-corrected chi connectivity index (χ0v) is 13.3. The van der Waals surface area contributed by atoms with Gasteiger partial charge in [-0.1, -0.05) is 24.3 Å². The van der Waals surface area contributed by atoms with Gasteiger partial charge >= 0.3 is 0 Å². The molecule has 0 aliphatic rings. The van der Waals surface area contributed by atoms with E-state index in [4.69, 9.17) is 4.42 Å². The molecule has 2 heterocycles. The van der Waals surface area contributed by atoms with E-state index in [1.54, 1.807) is 17.4 Å². The molecule has 0 radical (unpaired) electrons. The molecule has 0 aliphatic heterocycles. The third-order valence-corrected chi connectivity index (χ3v) is 4.27. The van der Waals surface area contributed by atoms with E-state index in [9.17, 15) is 9.90 Å². The van der Waals surface area contributed by atoms with Crippen LogP contribution in [0.4, 0.5) is 0 Å². The molecule has 0 saturated carbocycles. The number of benzene rings is 1. The summed E-state index contributed by atoms with van der Waals surface area (Å²) in [7, 11) is 0. The lowest BCUT2D eigenvalue weighted by Gasteiger charge is -2.07. The summed E-state index contributed by atoms with van der Waals surface area (Å²) in [6, 6.07) is 13.3. The van der Waals surface area contributed by atoms with Crippen LogP contribution in [0.25, 0.3) is 17.0 Å². The smallest absolute Gasteiger partial charge is 0.244 e. The van der Waals surface area contributed by atoms with Crippen LogP contribution < -0.4 is 5.32 Å². The van der Waals surface area contributed by atoms with E-state index >= 15 is 0 Å². The van der Waals surface area contributed by atoms with Crippen LogP contribution >= 0.6 is 11.3 Å². The quantitative estimate of drug-likeness (QED) is 0.678. The van der Waals surface area contributed by atoms with E-state index in [1.165, 1.54) is 6.08 Å². The second-order valence-electron chi connectivity index (χ2n) is 5.13. The maximum atomic E-state index is 11.7. The third kappa shape index (κ3) is 4.09. The maximum absolute atomic E-state index is 11.7. The Morgan fingerprint density at radius 1 is 1.30 bits per heavy atom. The molecule has 3 rings (SSSR count). The Balaban J connectivity index is 1.49. The molecular formula is C18H17NO3S. The molecule has 2 aromatic heterocycles. The minimum absolute atomic E-state index is 0.171. The van der Waals surface area contributed by atoms with E-state index in [0.29, 0.717) is 18.7 Å². The molecule has 0 bridgehead atoms. The predicted molar refractivity (Wildman–Crippen MR) is 92.2 cm³/mol. The number of furan rings is 1. The summed E-state index contributed by atoms with van der Waals surface area (Å²) < 4.78 is 5.61. The van der Waals surface area contributed by atoms with E-state index in [1.807, 2.05) is 47.8 Å². The molecule has 1 aromatic carbocycles. The second kappa shape index (κ2) is 7.26. The number of para-hydroxylation sites is 1. The first-order chi connectivity index (χ1) is 11.2. The van der Waals surface area contributed by atoms with Gasteiger partial charge in [0.05, 0.1) is 0 Å². The first kappa shape index (κ1) is 15.5. The van der Waals surface area contributed by atoms with Crippen molar-refractivity contribution in [3.63, 3.8) is 0 Å². The number of hydrogen-bond donors (Lipinski definition) is 2. The summed E-state index contributed by atoms with van der Waals surface area (Å²) in [6.45, 7) is 0.381. The van der Waals surface area contributed by atoms with Crippen LogP contribution in [-0.4, -0.2) is 17.6 Å². The molecule has 0 aliphatic carbocycles. The number of carbonyl (C=O) groups is 1. The monoisotopic (exact) mass is 327 g/mol. The van der Waals surface area contributed by atoms with E-state index in [2.05, 4.69) is 5.32 Å². The number of carbonyl (C=O) groups excluding carboxylic acids is 1. The Labute approximate surface area is 138 Å². The highest BCUT2D eigenvalue weighted by molar-refractivity contribution is 7.10. The molecule has 1 unspecified atom stereocenters. The fourth-order valence-electron chi connectivity index (χ4n) is 2.24. The largest absolute Gasteiger partial charge is 0.458 e. The number of aliphatic hydroxyl groups is 1. The lowest BCUT2D eigenvalue weighted by atomic mass is 10.2. The van der Waals surface area contributed by atoms with Gasteiger partial charge in [-0.05, 0) is 36.1 Å². The van der Waals surface area contributed by atoms with Gasteiger partial charge in [0.25, 0.3) is 0 Å². The number of nitrogens with one attached hydrogen (secondary N) is 1. The van der Waals surface area contributed by atoms with E-state index in [-0.39, 0.29) is 5.91 Å². The van der Waals surface area contributed by atoms with Gasteiger partial charge in [-0.3, -0.25) is 4.79 Å².